The Balaban J connectivity index is 3.11. The molecule has 0 aliphatic carbocycles. The molecule has 1 aromatic carbocycles. The third kappa shape index (κ3) is 6.40. The van der Waals surface area contributed by atoms with Gasteiger partial charge in [-0.3, -0.25) is 0 Å². The van der Waals surface area contributed by atoms with E-state index in [1.54, 1.807) is 0 Å². The van der Waals surface area contributed by atoms with E-state index in [2.05, 4.69) is 0 Å². The Morgan fingerprint density at radius 2 is 1.27 bits per heavy atom. The zero-order valence-electron chi connectivity index (χ0n) is 15.4. The van der Waals surface area contributed by atoms with Gasteiger partial charge in [0.05, 0.1) is 5.69 Å². The molecular weight excluding hydrogens is 356 g/mol. The molecule has 0 aromatic heterocycles. The minimum Gasteiger partial charge on any atom is -0.369 e. The number of benzene rings is 1. The second-order valence-corrected chi connectivity index (χ2v) is 6.49. The van der Waals surface area contributed by atoms with E-state index in [9.17, 15) is 26.3 Å². The van der Waals surface area contributed by atoms with Gasteiger partial charge in [0.2, 0.25) is 0 Å². The monoisotopic (exact) mass is 383 g/mol. The van der Waals surface area contributed by atoms with E-state index in [0.29, 0.717) is 32.0 Å². The van der Waals surface area contributed by atoms with Crippen molar-refractivity contribution < 1.29 is 26.3 Å². The summed E-state index contributed by atoms with van der Waals surface area (Å²) in [7, 11) is 0. The maximum absolute atomic E-state index is 14.4. The summed E-state index contributed by atoms with van der Waals surface area (Å²) in [5.41, 5.74) is -2.66. The Bertz CT molecular complexity index is 544. The SMILES string of the molecule is CCCCCCN(CCCCCC)c1cc(F)c(F)c(C(F)(F)F)c1F. The third-order valence-electron chi connectivity index (χ3n) is 4.32. The van der Waals surface area contributed by atoms with E-state index in [1.807, 2.05) is 13.8 Å². The van der Waals surface area contributed by atoms with Crippen LogP contribution in [0.25, 0.3) is 0 Å². The van der Waals surface area contributed by atoms with Crippen molar-refractivity contribution in [1.82, 2.24) is 0 Å². The van der Waals surface area contributed by atoms with Gasteiger partial charge in [-0.2, -0.15) is 13.2 Å². The molecule has 0 heterocycles. The number of hydrogen-bond acceptors (Lipinski definition) is 1. The van der Waals surface area contributed by atoms with Gasteiger partial charge in [-0.1, -0.05) is 52.4 Å². The van der Waals surface area contributed by atoms with Crippen LogP contribution >= 0.6 is 0 Å². The lowest BCUT2D eigenvalue weighted by atomic mass is 10.1. The maximum atomic E-state index is 14.4. The summed E-state index contributed by atoms with van der Waals surface area (Å²) in [6.07, 6.45) is 1.58. The van der Waals surface area contributed by atoms with Crippen LogP contribution in [-0.2, 0) is 6.18 Å². The maximum Gasteiger partial charge on any atom is 0.422 e. The van der Waals surface area contributed by atoms with Crippen LogP contribution < -0.4 is 4.90 Å². The number of halogens is 6. The molecule has 0 unspecified atom stereocenters. The van der Waals surface area contributed by atoms with E-state index >= 15 is 0 Å². The van der Waals surface area contributed by atoms with Crippen LogP contribution in [-0.4, -0.2) is 13.1 Å². The van der Waals surface area contributed by atoms with Gasteiger partial charge in [0.25, 0.3) is 0 Å². The Kier molecular flexibility index (Phi) is 9.30. The smallest absolute Gasteiger partial charge is 0.369 e. The predicted octanol–water partition coefficient (Wildman–Crippen LogP) is 7.09. The Hall–Kier alpha value is -1.40. The highest BCUT2D eigenvalue weighted by atomic mass is 19.4. The van der Waals surface area contributed by atoms with Crippen molar-refractivity contribution in [3.05, 3.63) is 29.1 Å². The van der Waals surface area contributed by atoms with Crippen LogP contribution in [0.1, 0.15) is 70.8 Å². The van der Waals surface area contributed by atoms with Crippen LogP contribution in [0.3, 0.4) is 0 Å². The molecule has 7 heteroatoms. The second-order valence-electron chi connectivity index (χ2n) is 6.49. The predicted molar refractivity (Wildman–Crippen MR) is 91.8 cm³/mol. The number of alkyl halides is 3. The van der Waals surface area contributed by atoms with Gasteiger partial charge in [-0.15, -0.1) is 0 Å². The molecule has 0 fully saturated rings. The summed E-state index contributed by atoms with van der Waals surface area (Å²) in [5, 5.41) is 0. The first kappa shape index (κ1) is 22.6. The van der Waals surface area contributed by atoms with Crippen LogP contribution in [0, 0.1) is 17.5 Å². The fourth-order valence-electron chi connectivity index (χ4n) is 2.88. The van der Waals surface area contributed by atoms with Gasteiger partial charge >= 0.3 is 6.18 Å². The fraction of sp³-hybridized carbons (Fsp3) is 0.684. The normalized spacial score (nSPS) is 11.8. The summed E-state index contributed by atoms with van der Waals surface area (Å²) >= 11 is 0. The van der Waals surface area contributed by atoms with Crippen LogP contribution in [0.15, 0.2) is 6.07 Å². The second kappa shape index (κ2) is 10.7. The molecule has 0 aliphatic heterocycles. The van der Waals surface area contributed by atoms with Gasteiger partial charge < -0.3 is 4.90 Å². The molecule has 1 nitrogen and oxygen atoms in total. The van der Waals surface area contributed by atoms with Crippen molar-refractivity contribution in [3.8, 4) is 0 Å². The molecule has 1 rings (SSSR count). The van der Waals surface area contributed by atoms with Gasteiger partial charge in [0.1, 0.15) is 5.56 Å². The zero-order chi connectivity index (χ0) is 19.7. The summed E-state index contributed by atoms with van der Waals surface area (Å²) < 4.78 is 80.6. The summed E-state index contributed by atoms with van der Waals surface area (Å²) in [6.45, 7) is 4.66. The van der Waals surface area contributed by atoms with Gasteiger partial charge in [-0.25, -0.2) is 13.2 Å². The van der Waals surface area contributed by atoms with Gasteiger partial charge in [0.15, 0.2) is 17.5 Å². The largest absolute Gasteiger partial charge is 0.422 e. The number of unbranched alkanes of at least 4 members (excludes halogenated alkanes) is 6. The lowest BCUT2D eigenvalue weighted by Crippen LogP contribution is -2.28. The van der Waals surface area contributed by atoms with E-state index in [4.69, 9.17) is 0 Å². The van der Waals surface area contributed by atoms with Crippen molar-refractivity contribution >= 4 is 5.69 Å². The highest BCUT2D eigenvalue weighted by Crippen LogP contribution is 2.38. The topological polar surface area (TPSA) is 3.24 Å². The molecule has 26 heavy (non-hydrogen) atoms. The molecule has 0 saturated heterocycles. The van der Waals surface area contributed by atoms with Crippen molar-refractivity contribution in [1.29, 1.82) is 0 Å². The Morgan fingerprint density at radius 1 is 0.769 bits per heavy atom. The van der Waals surface area contributed by atoms with Crippen molar-refractivity contribution in [3.63, 3.8) is 0 Å². The molecule has 0 amide bonds. The van der Waals surface area contributed by atoms with E-state index in [1.165, 1.54) is 4.90 Å². The number of rotatable bonds is 11. The summed E-state index contributed by atoms with van der Waals surface area (Å²) in [5.74, 6) is -5.60. The molecule has 0 saturated carbocycles. The zero-order valence-corrected chi connectivity index (χ0v) is 15.4. The molecule has 0 bridgehead atoms. The standard InChI is InChI=1S/C19H27F6N/c1-3-5-7-9-11-26(12-10-8-6-4-2)15-13-14(20)17(21)16(18(15)22)19(23,24)25/h13H,3-12H2,1-2H3. The fourth-order valence-corrected chi connectivity index (χ4v) is 2.88. The highest BCUT2D eigenvalue weighted by Gasteiger charge is 2.41. The number of hydrogen-bond donors (Lipinski definition) is 0. The molecular formula is C19H27F6N. The summed E-state index contributed by atoms with van der Waals surface area (Å²) in [6, 6.07) is 0.541. The minimum atomic E-state index is -5.29. The first-order valence-electron chi connectivity index (χ1n) is 9.23. The molecule has 0 spiro atoms. The van der Waals surface area contributed by atoms with Gasteiger partial charge in [-0.05, 0) is 12.8 Å². The molecule has 0 N–H and O–H groups in total. The van der Waals surface area contributed by atoms with Gasteiger partial charge in [0, 0.05) is 19.2 Å². The van der Waals surface area contributed by atoms with E-state index in [-0.39, 0.29) is 0 Å². The lowest BCUT2D eigenvalue weighted by Gasteiger charge is -2.27. The highest BCUT2D eigenvalue weighted by molar-refractivity contribution is 5.52. The van der Waals surface area contributed by atoms with Crippen LogP contribution in [0.5, 0.6) is 0 Å². The average molecular weight is 383 g/mol. The average Bonchev–Trinajstić information content (AvgIpc) is 2.56. The quantitative estimate of drug-likeness (QED) is 0.224. The van der Waals surface area contributed by atoms with Crippen LogP contribution in [0.2, 0.25) is 0 Å². The minimum absolute atomic E-state index is 0.311. The van der Waals surface area contributed by atoms with Crippen molar-refractivity contribution in [2.45, 2.75) is 71.4 Å². The Morgan fingerprint density at radius 3 is 1.69 bits per heavy atom. The number of nitrogens with zero attached hydrogens (tertiary/aromatic N) is 1. The molecule has 150 valence electrons. The lowest BCUT2D eigenvalue weighted by molar-refractivity contribution is -0.142. The number of anilines is 1. The molecule has 1 aromatic rings. The third-order valence-corrected chi connectivity index (χ3v) is 4.32. The van der Waals surface area contributed by atoms with E-state index in [0.717, 1.165) is 38.5 Å². The van der Waals surface area contributed by atoms with E-state index < -0.39 is 34.9 Å². The molecule has 0 aliphatic rings. The Labute approximate surface area is 151 Å². The van der Waals surface area contributed by atoms with Crippen molar-refractivity contribution in [2.75, 3.05) is 18.0 Å². The summed E-state index contributed by atoms with van der Waals surface area (Å²) in [4.78, 5) is 1.42. The molecule has 0 radical (unpaired) electrons. The molecule has 0 atom stereocenters. The van der Waals surface area contributed by atoms with Crippen LogP contribution in [0.4, 0.5) is 32.0 Å². The first-order chi connectivity index (χ1) is 12.2. The van der Waals surface area contributed by atoms with Crippen molar-refractivity contribution in [2.24, 2.45) is 0 Å². The first-order valence-corrected chi connectivity index (χ1v) is 9.23.